The average Bonchev–Trinajstić information content (AvgIpc) is 3.19. The normalized spacial score (nSPS) is 11.0. The number of halogens is 1. The van der Waals surface area contributed by atoms with Crippen LogP contribution in [0.1, 0.15) is 10.5 Å². The number of sulfonamides is 1. The molecule has 0 saturated heterocycles. The topological polar surface area (TPSA) is 101 Å². The van der Waals surface area contributed by atoms with Crippen LogP contribution in [-0.4, -0.2) is 33.1 Å². The Bertz CT molecular complexity index is 1490. The Labute approximate surface area is 230 Å². The van der Waals surface area contributed by atoms with Crippen molar-refractivity contribution in [3.8, 4) is 11.5 Å². The van der Waals surface area contributed by atoms with E-state index in [4.69, 9.17) is 21.1 Å². The zero-order valence-corrected chi connectivity index (χ0v) is 23.1. The fraction of sp³-hybridized carbons (Fsp3) is 0.125. The number of nitrogens with zero attached hydrogens (tertiary/aromatic N) is 2. The first kappa shape index (κ1) is 26.9. The summed E-state index contributed by atoms with van der Waals surface area (Å²) in [4.78, 5) is 12.8. The van der Waals surface area contributed by atoms with Crippen molar-refractivity contribution in [2.75, 3.05) is 19.5 Å². The van der Waals surface area contributed by atoms with Gasteiger partial charge in [-0.1, -0.05) is 17.7 Å². The molecule has 0 saturated carbocycles. The molecule has 4 aromatic rings. The fourth-order valence-electron chi connectivity index (χ4n) is 3.55. The van der Waals surface area contributed by atoms with Crippen molar-refractivity contribution in [1.29, 1.82) is 0 Å². The second-order valence-electron chi connectivity index (χ2n) is 7.35. The Kier molecular flexibility index (Phi) is 8.40. The van der Waals surface area contributed by atoms with Gasteiger partial charge in [0.05, 0.1) is 35.3 Å². The zero-order chi connectivity index (χ0) is 24.5. The van der Waals surface area contributed by atoms with Crippen molar-refractivity contribution in [3.05, 3.63) is 82.2 Å². The van der Waals surface area contributed by atoms with Crippen LogP contribution >= 0.6 is 11.6 Å². The maximum absolute atomic E-state index is 12.9. The summed E-state index contributed by atoms with van der Waals surface area (Å²) >= 11 is 6.42. The van der Waals surface area contributed by atoms with Gasteiger partial charge in [0.25, 0.3) is 0 Å². The van der Waals surface area contributed by atoms with E-state index >= 15 is 0 Å². The van der Waals surface area contributed by atoms with Gasteiger partial charge in [0.1, 0.15) is 27.4 Å². The summed E-state index contributed by atoms with van der Waals surface area (Å²) in [6.07, 6.45) is 0. The number of anilines is 2. The average molecular weight is 522 g/mol. The van der Waals surface area contributed by atoms with Crippen LogP contribution in [0.25, 0.3) is 15.6 Å². The number of ether oxygens (including phenoxy) is 2. The third kappa shape index (κ3) is 5.60. The molecule has 0 atom stereocenters. The number of carbonyl (C=O) groups excluding carboxylic acids is 1. The first-order valence-corrected chi connectivity index (χ1v) is 11.9. The van der Waals surface area contributed by atoms with Crippen LogP contribution in [-0.2, 0) is 17.1 Å². The monoisotopic (exact) mass is 521 g/mol. The molecular formula is C24H21ClN3NaO5S. The standard InChI is InChI=1S/C24H22ClN3O5S.Na/c1-28-22(24(29)27-34(30,31)18-9-7-16(32-2)8-10-18)14-19-21(12-11-20(25)23(19)28)26-15-5-4-6-17(13-15)33-3;/h4-14H,1-3H3,(H2,26,27,29);/q;+1/p-1. The summed E-state index contributed by atoms with van der Waals surface area (Å²) in [5.74, 6) is 0.268. The molecule has 4 rings (SSSR count). The van der Waals surface area contributed by atoms with Crippen molar-refractivity contribution >= 4 is 49.8 Å². The molecule has 1 amide bonds. The third-order valence-electron chi connectivity index (χ3n) is 5.27. The number of rotatable bonds is 7. The second-order valence-corrected chi connectivity index (χ2v) is 9.36. The van der Waals surface area contributed by atoms with E-state index in [-0.39, 0.29) is 40.1 Å². The first-order valence-electron chi connectivity index (χ1n) is 10.1. The summed E-state index contributed by atoms with van der Waals surface area (Å²) in [6.45, 7) is 0. The maximum atomic E-state index is 12.9. The van der Waals surface area contributed by atoms with Crippen LogP contribution in [0.15, 0.2) is 71.6 Å². The molecule has 8 nitrogen and oxygen atoms in total. The maximum Gasteiger partial charge on any atom is 1.00 e. The molecule has 1 N–H and O–H groups in total. The number of nitrogens with one attached hydrogen (secondary N) is 1. The minimum Gasteiger partial charge on any atom is -0.536 e. The zero-order valence-electron chi connectivity index (χ0n) is 19.6. The number of aromatic nitrogens is 1. The molecule has 11 heteroatoms. The summed E-state index contributed by atoms with van der Waals surface area (Å²) in [5, 5.41) is 4.33. The smallest absolute Gasteiger partial charge is 0.536 e. The Morgan fingerprint density at radius 2 is 1.66 bits per heavy atom. The van der Waals surface area contributed by atoms with Gasteiger partial charge in [-0.2, -0.15) is 0 Å². The van der Waals surface area contributed by atoms with Crippen LogP contribution in [0.5, 0.6) is 11.5 Å². The SMILES string of the molecule is COc1ccc(S(=O)(=O)[N-]C(=O)c2cc3c(Nc4cccc(OC)c4)ccc(Cl)c3n2C)cc1.[Na+]. The summed E-state index contributed by atoms with van der Waals surface area (Å²) in [5.41, 5.74) is 2.09. The van der Waals surface area contributed by atoms with Crippen LogP contribution in [0.3, 0.4) is 0 Å². The molecule has 0 unspecified atom stereocenters. The number of amides is 1. The number of fused-ring (bicyclic) bond motifs is 1. The summed E-state index contributed by atoms with van der Waals surface area (Å²) in [7, 11) is 0.466. The van der Waals surface area contributed by atoms with Gasteiger partial charge in [-0.15, -0.1) is 0 Å². The van der Waals surface area contributed by atoms with Gasteiger partial charge < -0.3 is 28.9 Å². The minimum absolute atomic E-state index is 0. The van der Waals surface area contributed by atoms with Crippen LogP contribution in [0, 0.1) is 0 Å². The first-order chi connectivity index (χ1) is 16.2. The number of hydrogen-bond donors (Lipinski definition) is 1. The quantitative estimate of drug-likeness (QED) is 0.375. The van der Waals surface area contributed by atoms with Gasteiger partial charge in [0.2, 0.25) is 0 Å². The summed E-state index contributed by atoms with van der Waals surface area (Å²) < 4.78 is 40.7. The fourth-order valence-corrected chi connectivity index (χ4v) is 4.74. The van der Waals surface area contributed by atoms with Crippen molar-refractivity contribution in [2.24, 2.45) is 7.05 Å². The second kappa shape index (κ2) is 10.9. The van der Waals surface area contributed by atoms with Gasteiger partial charge in [-0.3, -0.25) is 0 Å². The van der Waals surface area contributed by atoms with Crippen LogP contribution in [0.4, 0.5) is 11.4 Å². The van der Waals surface area contributed by atoms with E-state index in [1.54, 1.807) is 32.4 Å². The molecule has 0 spiro atoms. The molecule has 0 fully saturated rings. The van der Waals surface area contributed by atoms with E-state index in [1.165, 1.54) is 35.9 Å². The Hall–Kier alpha value is -2.69. The van der Waals surface area contributed by atoms with Gasteiger partial charge in [0.15, 0.2) is 0 Å². The Morgan fingerprint density at radius 3 is 2.31 bits per heavy atom. The van der Waals surface area contributed by atoms with E-state index in [9.17, 15) is 13.2 Å². The Balaban J connectivity index is 0.00000342. The molecule has 1 aromatic heterocycles. The molecule has 0 bridgehead atoms. The van der Waals surface area contributed by atoms with Crippen LogP contribution in [0.2, 0.25) is 5.02 Å². The van der Waals surface area contributed by atoms with Crippen molar-refractivity contribution in [3.63, 3.8) is 0 Å². The van der Waals surface area contributed by atoms with E-state index in [1.807, 2.05) is 24.3 Å². The number of aryl methyl sites for hydroxylation is 1. The molecule has 35 heavy (non-hydrogen) atoms. The number of benzene rings is 3. The molecular weight excluding hydrogens is 501 g/mol. The van der Waals surface area contributed by atoms with Crippen molar-refractivity contribution in [1.82, 2.24) is 4.57 Å². The largest absolute Gasteiger partial charge is 1.00 e. The van der Waals surface area contributed by atoms with Gasteiger partial charge in [-0.25, -0.2) is 8.42 Å². The van der Waals surface area contributed by atoms with Crippen LogP contribution < -0.4 is 44.3 Å². The van der Waals surface area contributed by atoms with Crippen molar-refractivity contribution in [2.45, 2.75) is 4.90 Å². The molecule has 0 aliphatic rings. The molecule has 1 heterocycles. The van der Waals surface area contributed by atoms with Gasteiger partial charge >= 0.3 is 29.6 Å². The molecule has 3 aromatic carbocycles. The molecule has 0 aliphatic heterocycles. The third-order valence-corrected chi connectivity index (χ3v) is 6.85. The molecule has 176 valence electrons. The predicted molar refractivity (Wildman–Crippen MR) is 132 cm³/mol. The number of methoxy groups -OCH3 is 2. The minimum atomic E-state index is -4.22. The predicted octanol–water partition coefficient (Wildman–Crippen LogP) is 2.50. The Morgan fingerprint density at radius 1 is 0.971 bits per heavy atom. The summed E-state index contributed by atoms with van der Waals surface area (Å²) in [6, 6.07) is 18.1. The number of carbonyl (C=O) groups is 1. The van der Waals surface area contributed by atoms with Crippen molar-refractivity contribution < 1.29 is 52.2 Å². The molecule has 0 aliphatic carbocycles. The number of hydrogen-bond acceptors (Lipinski definition) is 6. The van der Waals surface area contributed by atoms with Gasteiger partial charge in [-0.05, 0) is 54.6 Å². The van der Waals surface area contributed by atoms with E-state index in [0.29, 0.717) is 33.1 Å². The van der Waals surface area contributed by atoms with E-state index in [0.717, 1.165) is 5.69 Å². The van der Waals surface area contributed by atoms with Gasteiger partial charge in [0, 0.05) is 29.9 Å². The van der Waals surface area contributed by atoms with E-state index < -0.39 is 15.9 Å². The van der Waals surface area contributed by atoms with E-state index in [2.05, 4.69) is 10.0 Å². The molecule has 0 radical (unpaired) electrons.